The molecule has 2 aromatic rings. The molecular formula is C10H7N5. The second kappa shape index (κ2) is 3.72. The maximum atomic E-state index is 8.80. The van der Waals surface area contributed by atoms with Crippen LogP contribution in [0.5, 0.6) is 0 Å². The number of hydrogen-bond acceptors (Lipinski definition) is 4. The third-order valence-corrected chi connectivity index (χ3v) is 1.88. The fourth-order valence-electron chi connectivity index (χ4n) is 1.22. The average Bonchev–Trinajstić information content (AvgIpc) is 2.72. The number of aromatic nitrogens is 3. The molecule has 2 heterocycles. The van der Waals surface area contributed by atoms with Gasteiger partial charge < -0.3 is 0 Å². The highest BCUT2D eigenvalue weighted by Crippen LogP contribution is 2.20. The molecule has 0 bridgehead atoms. The van der Waals surface area contributed by atoms with E-state index in [1.807, 2.05) is 12.1 Å². The van der Waals surface area contributed by atoms with Gasteiger partial charge in [-0.1, -0.05) is 6.07 Å². The zero-order chi connectivity index (χ0) is 10.7. The zero-order valence-corrected chi connectivity index (χ0v) is 7.83. The van der Waals surface area contributed by atoms with Crippen LogP contribution >= 0.6 is 0 Å². The van der Waals surface area contributed by atoms with Crippen LogP contribution in [0.4, 0.5) is 5.82 Å². The number of nitriles is 1. The average molecular weight is 197 g/mol. The Kier molecular flexibility index (Phi) is 2.25. The summed E-state index contributed by atoms with van der Waals surface area (Å²) in [5.41, 5.74) is 0.385. The van der Waals surface area contributed by atoms with Crippen molar-refractivity contribution in [3.05, 3.63) is 36.2 Å². The van der Waals surface area contributed by atoms with Crippen LogP contribution in [-0.2, 0) is 0 Å². The highest BCUT2D eigenvalue weighted by Gasteiger charge is 2.10. The Hall–Kier alpha value is -2.48. The molecule has 0 unspecified atom stereocenters. The Bertz CT molecular complexity index is 520. The molecule has 0 radical (unpaired) electrons. The molecule has 0 aliphatic rings. The van der Waals surface area contributed by atoms with E-state index in [2.05, 4.69) is 21.8 Å². The van der Waals surface area contributed by atoms with Gasteiger partial charge in [-0.3, -0.25) is 0 Å². The van der Waals surface area contributed by atoms with Crippen molar-refractivity contribution in [3.63, 3.8) is 0 Å². The zero-order valence-electron chi connectivity index (χ0n) is 7.83. The first-order valence-corrected chi connectivity index (χ1v) is 4.23. The normalized spacial score (nSPS) is 9.53. The second-order valence-electron chi connectivity index (χ2n) is 2.75. The molecule has 0 aliphatic carbocycles. The number of pyridine rings is 1. The predicted molar refractivity (Wildman–Crippen MR) is 55.3 cm³/mol. The molecule has 5 heteroatoms. The van der Waals surface area contributed by atoms with Gasteiger partial charge in [-0.25, -0.2) is 9.98 Å². The van der Waals surface area contributed by atoms with Gasteiger partial charge in [-0.05, 0) is 18.9 Å². The van der Waals surface area contributed by atoms with Crippen molar-refractivity contribution in [1.29, 1.82) is 5.26 Å². The van der Waals surface area contributed by atoms with Crippen LogP contribution in [0, 0.1) is 11.3 Å². The van der Waals surface area contributed by atoms with Crippen molar-refractivity contribution < 1.29 is 0 Å². The fourth-order valence-corrected chi connectivity index (χ4v) is 1.22. The molecule has 0 atom stereocenters. The fraction of sp³-hybridized carbons (Fsp3) is 0. The van der Waals surface area contributed by atoms with Gasteiger partial charge in [0, 0.05) is 6.20 Å². The van der Waals surface area contributed by atoms with Crippen LogP contribution in [-0.4, -0.2) is 21.5 Å². The summed E-state index contributed by atoms with van der Waals surface area (Å²) >= 11 is 0. The monoisotopic (exact) mass is 197 g/mol. The molecule has 5 nitrogen and oxygen atoms in total. The highest BCUT2D eigenvalue weighted by atomic mass is 15.3. The second-order valence-corrected chi connectivity index (χ2v) is 2.75. The Balaban J connectivity index is 2.60. The summed E-state index contributed by atoms with van der Waals surface area (Å²) in [7, 11) is 0. The van der Waals surface area contributed by atoms with E-state index >= 15 is 0 Å². The first-order valence-electron chi connectivity index (χ1n) is 4.23. The lowest BCUT2D eigenvalue weighted by Gasteiger charge is -2.01. The van der Waals surface area contributed by atoms with E-state index in [-0.39, 0.29) is 0 Å². The molecule has 0 spiro atoms. The van der Waals surface area contributed by atoms with Gasteiger partial charge in [-0.15, -0.1) is 0 Å². The molecule has 0 amide bonds. The van der Waals surface area contributed by atoms with E-state index in [0.717, 1.165) is 0 Å². The molecule has 0 fully saturated rings. The number of rotatable bonds is 2. The quantitative estimate of drug-likeness (QED) is 0.684. The third kappa shape index (κ3) is 1.48. The number of aliphatic imine (C=N–C) groups is 1. The van der Waals surface area contributed by atoms with Crippen LogP contribution < -0.4 is 0 Å². The maximum Gasteiger partial charge on any atom is 0.174 e. The van der Waals surface area contributed by atoms with E-state index in [9.17, 15) is 0 Å². The van der Waals surface area contributed by atoms with Crippen molar-refractivity contribution in [2.45, 2.75) is 0 Å². The maximum absolute atomic E-state index is 8.80. The molecule has 2 rings (SSSR count). The smallest absolute Gasteiger partial charge is 0.174 e. The van der Waals surface area contributed by atoms with Crippen LogP contribution in [0.2, 0.25) is 0 Å². The van der Waals surface area contributed by atoms with E-state index in [4.69, 9.17) is 5.26 Å². The van der Waals surface area contributed by atoms with Gasteiger partial charge in [0.25, 0.3) is 0 Å². The van der Waals surface area contributed by atoms with E-state index < -0.39 is 0 Å². The summed E-state index contributed by atoms with van der Waals surface area (Å²) in [6.07, 6.45) is 3.09. The van der Waals surface area contributed by atoms with Crippen molar-refractivity contribution in [2.75, 3.05) is 0 Å². The van der Waals surface area contributed by atoms with E-state index in [0.29, 0.717) is 17.2 Å². The minimum absolute atomic E-state index is 0.385. The van der Waals surface area contributed by atoms with Gasteiger partial charge in [0.1, 0.15) is 11.6 Å². The van der Waals surface area contributed by atoms with Crippen LogP contribution in [0.1, 0.15) is 5.56 Å². The Labute approximate surface area is 86.3 Å². The lowest BCUT2D eigenvalue weighted by molar-refractivity contribution is 0.848. The summed E-state index contributed by atoms with van der Waals surface area (Å²) < 4.78 is 1.48. The molecule has 0 aromatic carbocycles. The summed E-state index contributed by atoms with van der Waals surface area (Å²) in [6, 6.07) is 7.41. The first kappa shape index (κ1) is 9.09. The van der Waals surface area contributed by atoms with E-state index in [1.165, 1.54) is 10.9 Å². The molecule has 0 saturated carbocycles. The Morgan fingerprint density at radius 3 is 2.93 bits per heavy atom. The molecule has 2 aromatic heterocycles. The van der Waals surface area contributed by atoms with Gasteiger partial charge in [0.15, 0.2) is 11.6 Å². The van der Waals surface area contributed by atoms with Crippen LogP contribution in [0.25, 0.3) is 5.82 Å². The first-order chi connectivity index (χ1) is 7.36. The lowest BCUT2D eigenvalue weighted by atomic mass is 10.3. The number of hydrogen-bond donors (Lipinski definition) is 0. The summed E-state index contributed by atoms with van der Waals surface area (Å²) in [5, 5.41) is 12.8. The summed E-state index contributed by atoms with van der Waals surface area (Å²) in [6.45, 7) is 3.41. The summed E-state index contributed by atoms with van der Waals surface area (Å²) in [5.74, 6) is 1.03. The van der Waals surface area contributed by atoms with Crippen molar-refractivity contribution >= 4 is 12.5 Å². The standard InChI is InChI=1S/C10H7N5/c1-12-10-8(6-11)7-14-15(10)9-4-2-3-5-13-9/h2-5,7H,1H2. The van der Waals surface area contributed by atoms with Gasteiger partial charge in [-0.2, -0.15) is 15.0 Å². The Morgan fingerprint density at radius 1 is 1.47 bits per heavy atom. The third-order valence-electron chi connectivity index (χ3n) is 1.88. The predicted octanol–water partition coefficient (Wildman–Crippen LogP) is 1.47. The van der Waals surface area contributed by atoms with Crippen LogP contribution in [0.15, 0.2) is 35.6 Å². The number of nitrogens with zero attached hydrogens (tertiary/aromatic N) is 5. The SMILES string of the molecule is C=Nc1c(C#N)cnn1-c1ccccn1. The molecule has 0 saturated heterocycles. The molecule has 15 heavy (non-hydrogen) atoms. The lowest BCUT2D eigenvalue weighted by Crippen LogP contribution is -1.97. The van der Waals surface area contributed by atoms with Gasteiger partial charge in [0.2, 0.25) is 0 Å². The molecule has 0 aliphatic heterocycles. The Morgan fingerprint density at radius 2 is 2.33 bits per heavy atom. The van der Waals surface area contributed by atoms with E-state index in [1.54, 1.807) is 18.3 Å². The molecule has 0 N–H and O–H groups in total. The molecule has 72 valence electrons. The van der Waals surface area contributed by atoms with Gasteiger partial charge >= 0.3 is 0 Å². The van der Waals surface area contributed by atoms with Crippen molar-refractivity contribution in [3.8, 4) is 11.9 Å². The highest BCUT2D eigenvalue weighted by molar-refractivity contribution is 5.54. The van der Waals surface area contributed by atoms with Crippen molar-refractivity contribution in [2.24, 2.45) is 4.99 Å². The van der Waals surface area contributed by atoms with Crippen LogP contribution in [0.3, 0.4) is 0 Å². The summed E-state index contributed by atoms with van der Waals surface area (Å²) in [4.78, 5) is 7.87. The van der Waals surface area contributed by atoms with Gasteiger partial charge in [0.05, 0.1) is 6.20 Å². The molecular weight excluding hydrogens is 190 g/mol. The largest absolute Gasteiger partial charge is 0.244 e. The topological polar surface area (TPSA) is 66.9 Å². The minimum atomic E-state index is 0.385. The minimum Gasteiger partial charge on any atom is -0.244 e. The van der Waals surface area contributed by atoms with Crippen molar-refractivity contribution in [1.82, 2.24) is 14.8 Å².